The molecular weight excluding hydrogens is 307 g/mol. The van der Waals surface area contributed by atoms with E-state index in [9.17, 15) is 4.39 Å². The fraction of sp³-hybridized carbons (Fsp3) is 0.333. The first-order valence-corrected chi connectivity index (χ1v) is 8.69. The Bertz CT molecular complexity index is 621. The highest BCUT2D eigenvalue weighted by molar-refractivity contribution is 7.98. The van der Waals surface area contributed by atoms with Crippen molar-refractivity contribution in [1.82, 2.24) is 5.43 Å². The second kappa shape index (κ2) is 6.36. The summed E-state index contributed by atoms with van der Waals surface area (Å²) in [5.41, 5.74) is 4.62. The zero-order valence-electron chi connectivity index (χ0n) is 11.7. The van der Waals surface area contributed by atoms with Crippen molar-refractivity contribution in [3.8, 4) is 5.75 Å². The van der Waals surface area contributed by atoms with E-state index < -0.39 is 0 Å². The number of nitrogens with one attached hydrogen (secondary N) is 1. The minimum atomic E-state index is -0.358. The topological polar surface area (TPSA) is 47.3 Å². The Kier molecular flexibility index (Phi) is 4.49. The summed E-state index contributed by atoms with van der Waals surface area (Å²) in [5, 5.41) is 0. The summed E-state index contributed by atoms with van der Waals surface area (Å²) < 4.78 is 19.5. The number of nitrogens with two attached hydrogens (primary N) is 1. The maximum Gasteiger partial charge on any atom is 0.170 e. The van der Waals surface area contributed by atoms with Gasteiger partial charge in [0.05, 0.1) is 13.2 Å². The van der Waals surface area contributed by atoms with E-state index in [1.165, 1.54) is 17.6 Å². The Morgan fingerprint density at radius 2 is 2.29 bits per heavy atom. The Morgan fingerprint density at radius 3 is 3.00 bits per heavy atom. The fourth-order valence-corrected chi connectivity index (χ4v) is 5.00. The van der Waals surface area contributed by atoms with Gasteiger partial charge in [0, 0.05) is 21.1 Å². The zero-order valence-corrected chi connectivity index (χ0v) is 13.3. The lowest BCUT2D eigenvalue weighted by Crippen LogP contribution is -2.29. The van der Waals surface area contributed by atoms with Gasteiger partial charge in [0.1, 0.15) is 0 Å². The number of hydrogen-bond donors (Lipinski definition) is 2. The summed E-state index contributed by atoms with van der Waals surface area (Å²) >= 11 is 3.66. The van der Waals surface area contributed by atoms with E-state index in [0.29, 0.717) is 5.56 Å². The van der Waals surface area contributed by atoms with Gasteiger partial charge in [-0.15, -0.1) is 11.3 Å². The molecule has 1 aliphatic rings. The lowest BCUT2D eigenvalue weighted by molar-refractivity contribution is 0.382. The molecule has 0 radical (unpaired) electrons. The van der Waals surface area contributed by atoms with Crippen LogP contribution in [0.15, 0.2) is 24.3 Å². The second-order valence-corrected chi connectivity index (χ2v) is 7.14. The predicted molar refractivity (Wildman–Crippen MR) is 86.3 cm³/mol. The van der Waals surface area contributed by atoms with Gasteiger partial charge in [-0.05, 0) is 29.9 Å². The minimum absolute atomic E-state index is 0.240. The van der Waals surface area contributed by atoms with Crippen molar-refractivity contribution in [2.24, 2.45) is 5.84 Å². The van der Waals surface area contributed by atoms with Gasteiger partial charge in [-0.3, -0.25) is 5.84 Å². The van der Waals surface area contributed by atoms with Crippen LogP contribution in [0.25, 0.3) is 0 Å². The minimum Gasteiger partial charge on any atom is -0.494 e. The molecule has 1 aromatic heterocycles. The number of aryl methyl sites for hydroxylation is 1. The van der Waals surface area contributed by atoms with Crippen LogP contribution in [0, 0.1) is 5.82 Å². The molecule has 2 aromatic rings. The number of methoxy groups -OCH3 is 1. The molecule has 6 heteroatoms. The predicted octanol–water partition coefficient (Wildman–Crippen LogP) is 3.24. The summed E-state index contributed by atoms with van der Waals surface area (Å²) in [7, 11) is 1.47. The van der Waals surface area contributed by atoms with Crippen molar-refractivity contribution in [3.05, 3.63) is 51.0 Å². The molecule has 0 aliphatic carbocycles. The largest absolute Gasteiger partial charge is 0.494 e. The van der Waals surface area contributed by atoms with Gasteiger partial charge in [0.25, 0.3) is 0 Å². The number of hydrogen-bond acceptors (Lipinski definition) is 5. The third kappa shape index (κ3) is 2.81. The van der Waals surface area contributed by atoms with Crippen LogP contribution >= 0.6 is 23.1 Å². The van der Waals surface area contributed by atoms with Crippen LogP contribution in [-0.4, -0.2) is 12.9 Å². The molecule has 3 nitrogen and oxygen atoms in total. The average Bonchev–Trinajstić information content (AvgIpc) is 2.93. The first kappa shape index (κ1) is 14.8. The quantitative estimate of drug-likeness (QED) is 0.669. The Labute approximate surface area is 131 Å². The molecule has 0 spiro atoms. The molecule has 112 valence electrons. The molecule has 3 rings (SSSR count). The SMILES string of the molecule is COc1cccc(C(NN)c2cc3c(s2)CCSC3)c1F. The van der Waals surface area contributed by atoms with Crippen molar-refractivity contribution in [2.75, 3.05) is 12.9 Å². The lowest BCUT2D eigenvalue weighted by Gasteiger charge is -2.16. The summed E-state index contributed by atoms with van der Waals surface area (Å²) in [6, 6.07) is 6.94. The van der Waals surface area contributed by atoms with Crippen molar-refractivity contribution in [2.45, 2.75) is 18.2 Å². The molecule has 1 aromatic carbocycles. The van der Waals surface area contributed by atoms with Gasteiger partial charge in [0.2, 0.25) is 0 Å². The number of hydrazine groups is 1. The molecule has 0 fully saturated rings. The molecule has 1 atom stereocenters. The van der Waals surface area contributed by atoms with Gasteiger partial charge >= 0.3 is 0 Å². The fourth-order valence-electron chi connectivity index (χ4n) is 2.55. The molecule has 0 bridgehead atoms. The van der Waals surface area contributed by atoms with E-state index >= 15 is 0 Å². The third-order valence-electron chi connectivity index (χ3n) is 3.62. The molecule has 3 N–H and O–H groups in total. The van der Waals surface area contributed by atoms with Gasteiger partial charge in [-0.25, -0.2) is 9.82 Å². The van der Waals surface area contributed by atoms with Crippen LogP contribution in [0.1, 0.15) is 26.9 Å². The van der Waals surface area contributed by atoms with Gasteiger partial charge in [0.15, 0.2) is 11.6 Å². The standard InChI is InChI=1S/C15H17FN2OS2/c1-19-11-4-2-3-10(14(11)16)15(18-17)13-7-9-8-20-6-5-12(9)21-13/h2-4,7,15,18H,5-6,8,17H2,1H3. The number of rotatable bonds is 4. The molecule has 21 heavy (non-hydrogen) atoms. The normalized spacial score (nSPS) is 15.6. The van der Waals surface area contributed by atoms with E-state index in [2.05, 4.69) is 11.5 Å². The monoisotopic (exact) mass is 324 g/mol. The number of benzene rings is 1. The van der Waals surface area contributed by atoms with Crippen LogP contribution in [0.2, 0.25) is 0 Å². The van der Waals surface area contributed by atoms with Crippen molar-refractivity contribution >= 4 is 23.1 Å². The number of thioether (sulfide) groups is 1. The van der Waals surface area contributed by atoms with E-state index in [1.807, 2.05) is 11.8 Å². The summed E-state index contributed by atoms with van der Waals surface area (Å²) in [4.78, 5) is 2.45. The molecule has 1 unspecified atom stereocenters. The Balaban J connectivity index is 2.00. The number of thiophene rings is 1. The summed E-state index contributed by atoms with van der Waals surface area (Å²) in [5.74, 6) is 7.77. The zero-order chi connectivity index (χ0) is 14.8. The molecular formula is C15H17FN2OS2. The van der Waals surface area contributed by atoms with Gasteiger partial charge in [-0.1, -0.05) is 12.1 Å². The highest BCUT2D eigenvalue weighted by Gasteiger charge is 2.23. The highest BCUT2D eigenvalue weighted by atomic mass is 32.2. The molecule has 1 aliphatic heterocycles. The Hall–Kier alpha value is -1.08. The van der Waals surface area contributed by atoms with Crippen LogP contribution in [0.5, 0.6) is 5.75 Å². The van der Waals surface area contributed by atoms with Crippen LogP contribution in [-0.2, 0) is 12.2 Å². The number of fused-ring (bicyclic) bond motifs is 1. The van der Waals surface area contributed by atoms with E-state index in [1.54, 1.807) is 29.5 Å². The summed E-state index contributed by atoms with van der Waals surface area (Å²) in [6.45, 7) is 0. The third-order valence-corrected chi connectivity index (χ3v) is 5.93. The lowest BCUT2D eigenvalue weighted by atomic mass is 10.0. The first-order chi connectivity index (χ1) is 10.2. The highest BCUT2D eigenvalue weighted by Crippen LogP contribution is 2.37. The number of halogens is 1. The van der Waals surface area contributed by atoms with Crippen molar-refractivity contribution in [3.63, 3.8) is 0 Å². The first-order valence-electron chi connectivity index (χ1n) is 6.72. The molecule has 2 heterocycles. The van der Waals surface area contributed by atoms with Crippen LogP contribution in [0.4, 0.5) is 4.39 Å². The van der Waals surface area contributed by atoms with Crippen molar-refractivity contribution in [1.29, 1.82) is 0 Å². The van der Waals surface area contributed by atoms with E-state index in [4.69, 9.17) is 10.6 Å². The summed E-state index contributed by atoms with van der Waals surface area (Å²) in [6.07, 6.45) is 1.09. The van der Waals surface area contributed by atoms with E-state index in [0.717, 1.165) is 22.8 Å². The number of ether oxygens (including phenoxy) is 1. The second-order valence-electron chi connectivity index (χ2n) is 4.86. The maximum atomic E-state index is 14.5. The maximum absolute atomic E-state index is 14.5. The van der Waals surface area contributed by atoms with Gasteiger partial charge in [-0.2, -0.15) is 11.8 Å². The average molecular weight is 324 g/mol. The van der Waals surface area contributed by atoms with Crippen LogP contribution < -0.4 is 16.0 Å². The van der Waals surface area contributed by atoms with Gasteiger partial charge < -0.3 is 4.74 Å². The molecule has 0 saturated heterocycles. The Morgan fingerprint density at radius 1 is 1.43 bits per heavy atom. The molecule has 0 saturated carbocycles. The smallest absolute Gasteiger partial charge is 0.170 e. The van der Waals surface area contributed by atoms with E-state index in [-0.39, 0.29) is 17.6 Å². The van der Waals surface area contributed by atoms with Crippen molar-refractivity contribution < 1.29 is 9.13 Å². The van der Waals surface area contributed by atoms with Crippen LogP contribution in [0.3, 0.4) is 0 Å². The molecule has 0 amide bonds.